The first-order valence-electron chi connectivity index (χ1n) is 5.93. The lowest BCUT2D eigenvalue weighted by Gasteiger charge is -2.26. The van der Waals surface area contributed by atoms with Crippen LogP contribution in [0.3, 0.4) is 0 Å². The molecular formula is C11H18N4O2. The Balaban J connectivity index is 1.91. The minimum Gasteiger partial charge on any atom is -0.396 e. The van der Waals surface area contributed by atoms with Crippen LogP contribution in [0, 0.1) is 12.3 Å². The van der Waals surface area contributed by atoms with Crippen LogP contribution in [0.2, 0.25) is 0 Å². The lowest BCUT2D eigenvalue weighted by atomic mass is 9.87. The Morgan fingerprint density at radius 1 is 1.53 bits per heavy atom. The van der Waals surface area contributed by atoms with E-state index in [2.05, 4.69) is 20.5 Å². The number of nitrogens with zero attached hydrogens (tertiary/aromatic N) is 2. The summed E-state index contributed by atoms with van der Waals surface area (Å²) in [5.74, 6) is 0.496. The van der Waals surface area contributed by atoms with E-state index in [4.69, 9.17) is 0 Å². The molecule has 0 aromatic carbocycles. The maximum atomic E-state index is 11.7. The van der Waals surface area contributed by atoms with E-state index >= 15 is 0 Å². The van der Waals surface area contributed by atoms with Crippen molar-refractivity contribution in [2.24, 2.45) is 5.41 Å². The Morgan fingerprint density at radius 3 is 2.76 bits per heavy atom. The molecule has 94 valence electrons. The fraction of sp³-hybridized carbons (Fsp3) is 0.727. The minimum absolute atomic E-state index is 0.125. The average Bonchev–Trinajstić information content (AvgIpc) is 2.95. The number of aromatic nitrogens is 3. The Bertz CT molecular complexity index is 396. The topological polar surface area (TPSA) is 90.9 Å². The van der Waals surface area contributed by atoms with Crippen molar-refractivity contribution in [2.75, 3.05) is 13.2 Å². The summed E-state index contributed by atoms with van der Waals surface area (Å²) in [6, 6.07) is 0. The molecule has 2 rings (SSSR count). The number of carbonyl (C=O) groups is 1. The average molecular weight is 238 g/mol. The number of nitrogens with one attached hydrogen (secondary N) is 2. The number of aryl methyl sites for hydroxylation is 1. The van der Waals surface area contributed by atoms with E-state index in [-0.39, 0.29) is 23.8 Å². The molecule has 1 heterocycles. The number of hydrogen-bond donors (Lipinski definition) is 3. The summed E-state index contributed by atoms with van der Waals surface area (Å²) in [6.45, 7) is 2.37. The third-order valence-corrected chi connectivity index (χ3v) is 3.42. The normalized spacial score (nSPS) is 18.2. The Labute approximate surface area is 99.8 Å². The molecule has 1 amide bonds. The molecule has 6 nitrogen and oxygen atoms in total. The summed E-state index contributed by atoms with van der Waals surface area (Å²) < 4.78 is 0. The summed E-state index contributed by atoms with van der Waals surface area (Å²) in [7, 11) is 0. The molecule has 1 aliphatic rings. The van der Waals surface area contributed by atoms with Crippen LogP contribution in [0.25, 0.3) is 0 Å². The van der Waals surface area contributed by atoms with E-state index in [0.717, 1.165) is 25.7 Å². The Morgan fingerprint density at radius 2 is 2.24 bits per heavy atom. The second-order valence-corrected chi connectivity index (χ2v) is 4.79. The second kappa shape index (κ2) is 4.83. The number of amides is 1. The Kier molecular flexibility index (Phi) is 3.42. The number of H-pyrrole nitrogens is 1. The van der Waals surface area contributed by atoms with Crippen LogP contribution in [0.5, 0.6) is 0 Å². The second-order valence-electron chi connectivity index (χ2n) is 4.79. The van der Waals surface area contributed by atoms with Crippen LogP contribution in [-0.2, 0) is 0 Å². The van der Waals surface area contributed by atoms with Crippen molar-refractivity contribution in [2.45, 2.75) is 32.6 Å². The molecule has 3 N–H and O–H groups in total. The van der Waals surface area contributed by atoms with Crippen molar-refractivity contribution in [3.63, 3.8) is 0 Å². The quantitative estimate of drug-likeness (QED) is 0.708. The molecule has 6 heteroatoms. The third-order valence-electron chi connectivity index (χ3n) is 3.42. The molecule has 1 aliphatic carbocycles. The number of aromatic amines is 1. The van der Waals surface area contributed by atoms with Crippen molar-refractivity contribution in [1.29, 1.82) is 0 Å². The van der Waals surface area contributed by atoms with E-state index in [1.165, 1.54) is 0 Å². The van der Waals surface area contributed by atoms with E-state index < -0.39 is 0 Å². The SMILES string of the molecule is Cc1nc(C(=O)NCC2(CO)CCCC2)n[nH]1. The molecular weight excluding hydrogens is 220 g/mol. The zero-order valence-corrected chi connectivity index (χ0v) is 9.99. The molecule has 1 fully saturated rings. The molecule has 1 aromatic rings. The van der Waals surface area contributed by atoms with Gasteiger partial charge >= 0.3 is 0 Å². The summed E-state index contributed by atoms with van der Waals surface area (Å²) in [6.07, 6.45) is 4.18. The van der Waals surface area contributed by atoms with Crippen molar-refractivity contribution in [3.8, 4) is 0 Å². The van der Waals surface area contributed by atoms with Gasteiger partial charge in [-0.05, 0) is 19.8 Å². The first-order chi connectivity index (χ1) is 8.15. The highest BCUT2D eigenvalue weighted by molar-refractivity contribution is 5.90. The monoisotopic (exact) mass is 238 g/mol. The summed E-state index contributed by atoms with van der Waals surface area (Å²) in [5.41, 5.74) is -0.138. The van der Waals surface area contributed by atoms with E-state index in [1.54, 1.807) is 6.92 Å². The van der Waals surface area contributed by atoms with Crippen molar-refractivity contribution >= 4 is 5.91 Å². The van der Waals surface area contributed by atoms with Gasteiger partial charge in [-0.15, -0.1) is 5.10 Å². The molecule has 17 heavy (non-hydrogen) atoms. The van der Waals surface area contributed by atoms with E-state index in [1.807, 2.05) is 0 Å². The van der Waals surface area contributed by atoms with Crippen LogP contribution >= 0.6 is 0 Å². The van der Waals surface area contributed by atoms with Gasteiger partial charge in [-0.2, -0.15) is 0 Å². The van der Waals surface area contributed by atoms with Gasteiger partial charge in [0.2, 0.25) is 5.82 Å². The van der Waals surface area contributed by atoms with Crippen LogP contribution in [-0.4, -0.2) is 39.3 Å². The van der Waals surface area contributed by atoms with Gasteiger partial charge in [0.25, 0.3) is 5.91 Å². The number of hydrogen-bond acceptors (Lipinski definition) is 4. The highest BCUT2D eigenvalue weighted by Crippen LogP contribution is 2.36. The number of aliphatic hydroxyl groups is 1. The maximum Gasteiger partial charge on any atom is 0.290 e. The van der Waals surface area contributed by atoms with Crippen LogP contribution < -0.4 is 5.32 Å². The lowest BCUT2D eigenvalue weighted by Crippen LogP contribution is -2.38. The fourth-order valence-corrected chi connectivity index (χ4v) is 2.31. The number of rotatable bonds is 4. The highest BCUT2D eigenvalue weighted by Gasteiger charge is 2.33. The fourth-order valence-electron chi connectivity index (χ4n) is 2.31. The van der Waals surface area contributed by atoms with Crippen LogP contribution in [0.4, 0.5) is 0 Å². The van der Waals surface area contributed by atoms with Gasteiger partial charge in [0.1, 0.15) is 5.82 Å². The molecule has 0 radical (unpaired) electrons. The molecule has 1 saturated carbocycles. The minimum atomic E-state index is -0.283. The summed E-state index contributed by atoms with van der Waals surface area (Å²) in [4.78, 5) is 15.7. The third kappa shape index (κ3) is 2.63. The van der Waals surface area contributed by atoms with Crippen LogP contribution in [0.1, 0.15) is 42.1 Å². The predicted octanol–water partition coefficient (Wildman–Crippen LogP) is 0.396. The first-order valence-corrected chi connectivity index (χ1v) is 5.93. The predicted molar refractivity (Wildman–Crippen MR) is 61.4 cm³/mol. The van der Waals surface area contributed by atoms with Crippen molar-refractivity contribution in [3.05, 3.63) is 11.6 Å². The zero-order chi connectivity index (χ0) is 12.3. The van der Waals surface area contributed by atoms with Gasteiger partial charge in [0.05, 0.1) is 6.61 Å². The van der Waals surface area contributed by atoms with Gasteiger partial charge in [-0.25, -0.2) is 4.98 Å². The number of aliphatic hydroxyl groups excluding tert-OH is 1. The molecule has 0 aliphatic heterocycles. The molecule has 0 bridgehead atoms. The molecule has 0 spiro atoms. The largest absolute Gasteiger partial charge is 0.396 e. The molecule has 1 aromatic heterocycles. The van der Waals surface area contributed by atoms with Gasteiger partial charge in [0.15, 0.2) is 0 Å². The Hall–Kier alpha value is -1.43. The molecule has 0 unspecified atom stereocenters. The first kappa shape index (κ1) is 12.0. The zero-order valence-electron chi connectivity index (χ0n) is 9.99. The van der Waals surface area contributed by atoms with Crippen LogP contribution in [0.15, 0.2) is 0 Å². The summed E-state index contributed by atoms with van der Waals surface area (Å²) >= 11 is 0. The lowest BCUT2D eigenvalue weighted by molar-refractivity contribution is 0.0871. The van der Waals surface area contributed by atoms with Gasteiger partial charge in [-0.1, -0.05) is 12.8 Å². The number of carbonyl (C=O) groups excluding carboxylic acids is 1. The van der Waals surface area contributed by atoms with Crippen molar-refractivity contribution < 1.29 is 9.90 Å². The van der Waals surface area contributed by atoms with Gasteiger partial charge in [0, 0.05) is 12.0 Å². The summed E-state index contributed by atoms with van der Waals surface area (Å²) in [5, 5.41) is 18.6. The molecule has 0 atom stereocenters. The smallest absolute Gasteiger partial charge is 0.290 e. The van der Waals surface area contributed by atoms with E-state index in [0.29, 0.717) is 12.4 Å². The van der Waals surface area contributed by atoms with Gasteiger partial charge < -0.3 is 10.4 Å². The van der Waals surface area contributed by atoms with Crippen molar-refractivity contribution in [1.82, 2.24) is 20.5 Å². The highest BCUT2D eigenvalue weighted by atomic mass is 16.3. The van der Waals surface area contributed by atoms with Gasteiger partial charge in [-0.3, -0.25) is 9.89 Å². The van der Waals surface area contributed by atoms with E-state index in [9.17, 15) is 9.90 Å². The molecule has 0 saturated heterocycles. The standard InChI is InChI=1S/C11H18N4O2/c1-8-13-9(15-14-8)10(17)12-6-11(7-16)4-2-3-5-11/h16H,2-7H2,1H3,(H,12,17)(H,13,14,15). The maximum absolute atomic E-state index is 11.7.